The molecule has 5 rings (SSSR count). The Morgan fingerprint density at radius 3 is 2.29 bits per heavy atom. The summed E-state index contributed by atoms with van der Waals surface area (Å²) < 4.78 is 22.5. The Bertz CT molecular complexity index is 1430. The van der Waals surface area contributed by atoms with Gasteiger partial charge in [-0.15, -0.1) is 6.42 Å². The summed E-state index contributed by atoms with van der Waals surface area (Å²) in [6, 6.07) is 23.1. The zero-order valence-corrected chi connectivity index (χ0v) is 22.1. The van der Waals surface area contributed by atoms with Crippen molar-refractivity contribution in [1.29, 1.82) is 0 Å². The van der Waals surface area contributed by atoms with E-state index in [9.17, 15) is 4.79 Å². The van der Waals surface area contributed by atoms with E-state index in [1.807, 2.05) is 31.2 Å². The molecular formula is C32H31NO5. The molecule has 38 heavy (non-hydrogen) atoms. The minimum atomic E-state index is -1.07. The van der Waals surface area contributed by atoms with Crippen LogP contribution in [0, 0.1) is 19.3 Å². The van der Waals surface area contributed by atoms with Crippen LogP contribution in [-0.4, -0.2) is 29.8 Å². The minimum absolute atomic E-state index is 0.307. The van der Waals surface area contributed by atoms with Crippen molar-refractivity contribution in [1.82, 2.24) is 4.98 Å². The number of terminal acetylenes is 1. The van der Waals surface area contributed by atoms with Crippen molar-refractivity contribution in [2.45, 2.75) is 39.7 Å². The highest BCUT2D eigenvalue weighted by atomic mass is 16.6. The van der Waals surface area contributed by atoms with Crippen LogP contribution in [0.1, 0.15) is 37.8 Å². The molecule has 1 aromatic heterocycles. The Kier molecular flexibility index (Phi) is 8.18. The van der Waals surface area contributed by atoms with Gasteiger partial charge in [-0.2, -0.15) is 0 Å². The molecule has 0 radical (unpaired) electrons. The van der Waals surface area contributed by atoms with Gasteiger partial charge < -0.3 is 18.6 Å². The highest BCUT2D eigenvalue weighted by Gasteiger charge is 2.31. The third-order valence-corrected chi connectivity index (χ3v) is 5.89. The van der Waals surface area contributed by atoms with Crippen molar-refractivity contribution in [3.63, 3.8) is 0 Å². The van der Waals surface area contributed by atoms with E-state index >= 15 is 0 Å². The van der Waals surface area contributed by atoms with Gasteiger partial charge in [0.05, 0.1) is 24.5 Å². The maximum atomic E-state index is 12.0. The van der Waals surface area contributed by atoms with Gasteiger partial charge in [0, 0.05) is 12.0 Å². The monoisotopic (exact) mass is 509 g/mol. The van der Waals surface area contributed by atoms with Crippen molar-refractivity contribution in [2.75, 3.05) is 13.2 Å². The number of aromatic nitrogens is 1. The number of nitrogens with zero attached hydrogens (tertiary/aromatic N) is 1. The van der Waals surface area contributed by atoms with Crippen LogP contribution < -0.4 is 9.47 Å². The van der Waals surface area contributed by atoms with Crippen LogP contribution in [0.4, 0.5) is 0 Å². The van der Waals surface area contributed by atoms with Gasteiger partial charge in [0.25, 0.3) is 0 Å². The van der Waals surface area contributed by atoms with Crippen LogP contribution in [0.15, 0.2) is 77.2 Å². The number of rotatable bonds is 9. The van der Waals surface area contributed by atoms with Crippen molar-refractivity contribution in [3.8, 4) is 46.4 Å². The second-order valence-corrected chi connectivity index (χ2v) is 9.20. The molecule has 2 aliphatic rings. The first-order valence-electron chi connectivity index (χ1n) is 12.5. The highest BCUT2D eigenvalue weighted by molar-refractivity contribution is 5.80. The fourth-order valence-electron chi connectivity index (χ4n) is 3.76. The van der Waals surface area contributed by atoms with E-state index in [2.05, 4.69) is 35.2 Å². The molecule has 6 nitrogen and oxygen atoms in total. The number of benzene rings is 3. The lowest BCUT2D eigenvalue weighted by Crippen LogP contribution is -2.39. The number of esters is 1. The van der Waals surface area contributed by atoms with Crippen LogP contribution in [0.25, 0.3) is 22.6 Å². The number of aryl methyl sites for hydroxylation is 1. The summed E-state index contributed by atoms with van der Waals surface area (Å²) in [5, 5.41) is 0. The van der Waals surface area contributed by atoms with Crippen LogP contribution >= 0.6 is 0 Å². The van der Waals surface area contributed by atoms with Gasteiger partial charge in [-0.05, 0) is 81.3 Å². The Morgan fingerprint density at radius 1 is 1.00 bits per heavy atom. The normalized spacial score (nSPS) is 11.0. The number of oxazole rings is 1. The van der Waals surface area contributed by atoms with Gasteiger partial charge in [-0.25, -0.2) is 9.78 Å². The molecule has 0 saturated carbocycles. The number of hydrogen-bond acceptors (Lipinski definition) is 6. The van der Waals surface area contributed by atoms with E-state index in [1.165, 1.54) is 11.1 Å². The average molecular weight is 510 g/mol. The second kappa shape index (κ2) is 11.7. The topological polar surface area (TPSA) is 70.8 Å². The molecule has 0 bridgehead atoms. The Labute approximate surface area is 223 Å². The Morgan fingerprint density at radius 2 is 1.68 bits per heavy atom. The number of carbonyl (C=O) groups is 1. The third kappa shape index (κ3) is 6.63. The van der Waals surface area contributed by atoms with Crippen LogP contribution in [0.5, 0.6) is 11.5 Å². The average Bonchev–Trinajstić information content (AvgIpc) is 3.32. The quantitative estimate of drug-likeness (QED) is 0.164. The first-order valence-corrected chi connectivity index (χ1v) is 12.5. The molecule has 194 valence electrons. The highest BCUT2D eigenvalue weighted by Crippen LogP contribution is 2.32. The van der Waals surface area contributed by atoms with Crippen molar-refractivity contribution in [2.24, 2.45) is 0 Å². The molecular weight excluding hydrogens is 478 g/mol. The summed E-state index contributed by atoms with van der Waals surface area (Å²) in [5.74, 6) is 4.74. The van der Waals surface area contributed by atoms with Crippen molar-refractivity contribution >= 4 is 5.97 Å². The molecule has 0 amide bonds. The Hall–Kier alpha value is -4.50. The molecule has 1 heterocycles. The zero-order valence-electron chi connectivity index (χ0n) is 22.1. The maximum absolute atomic E-state index is 12.0. The van der Waals surface area contributed by atoms with Gasteiger partial charge in [0.2, 0.25) is 5.89 Å². The summed E-state index contributed by atoms with van der Waals surface area (Å²) in [6.45, 7) is 7.72. The molecule has 0 saturated heterocycles. The smallest absolute Gasteiger partial charge is 0.349 e. The molecule has 2 aliphatic carbocycles. The number of carbonyl (C=O) groups excluding carboxylic acids is 1. The number of ether oxygens (including phenoxy) is 3. The zero-order chi connectivity index (χ0) is 27.1. The molecule has 0 fully saturated rings. The van der Waals surface area contributed by atoms with E-state index < -0.39 is 11.6 Å². The molecule has 0 atom stereocenters. The summed E-state index contributed by atoms with van der Waals surface area (Å²) in [7, 11) is 0. The third-order valence-electron chi connectivity index (χ3n) is 5.89. The summed E-state index contributed by atoms with van der Waals surface area (Å²) in [4.78, 5) is 16.6. The van der Waals surface area contributed by atoms with Crippen molar-refractivity contribution in [3.05, 3.63) is 89.8 Å². The lowest BCUT2D eigenvalue weighted by atomic mass is 10.1. The first-order chi connectivity index (χ1) is 18.3. The fourth-order valence-corrected chi connectivity index (χ4v) is 3.76. The lowest BCUT2D eigenvalue weighted by Gasteiger charge is -2.24. The fraction of sp³-hybridized carbons (Fsp3) is 0.250. The summed E-state index contributed by atoms with van der Waals surface area (Å²) in [6.07, 6.45) is 6.16. The predicted molar refractivity (Wildman–Crippen MR) is 147 cm³/mol. The van der Waals surface area contributed by atoms with E-state index in [0.717, 1.165) is 22.6 Å². The molecule has 6 heteroatoms. The van der Waals surface area contributed by atoms with Gasteiger partial charge in [0.1, 0.15) is 17.3 Å². The molecule has 0 spiro atoms. The Balaban J connectivity index is 0.000000483. The van der Waals surface area contributed by atoms with E-state index in [-0.39, 0.29) is 0 Å². The minimum Gasteiger partial charge on any atom is -0.493 e. The summed E-state index contributed by atoms with van der Waals surface area (Å²) in [5.41, 5.74) is 4.14. The first kappa shape index (κ1) is 26.6. The van der Waals surface area contributed by atoms with E-state index in [4.69, 9.17) is 25.1 Å². The lowest BCUT2D eigenvalue weighted by molar-refractivity contribution is -0.158. The van der Waals surface area contributed by atoms with Gasteiger partial charge in [-0.1, -0.05) is 36.3 Å². The summed E-state index contributed by atoms with van der Waals surface area (Å²) >= 11 is 0. The largest absolute Gasteiger partial charge is 0.493 e. The van der Waals surface area contributed by atoms with Gasteiger partial charge >= 0.3 is 5.97 Å². The van der Waals surface area contributed by atoms with E-state index in [0.29, 0.717) is 37.0 Å². The second-order valence-electron chi connectivity index (χ2n) is 9.20. The van der Waals surface area contributed by atoms with Crippen LogP contribution in [0.3, 0.4) is 0 Å². The SMILES string of the molecule is C#Cc1ccccc1-c1nc(CCOc2ccc(OC(C)(C)C(=O)OCC)cc2)c(C)o1.c1cc2cc-2c1. The number of fused-ring (bicyclic) bond motifs is 1. The van der Waals surface area contributed by atoms with Gasteiger partial charge in [0.15, 0.2) is 5.60 Å². The molecule has 3 aromatic rings. The number of hydrogen-bond donors (Lipinski definition) is 0. The maximum Gasteiger partial charge on any atom is 0.349 e. The van der Waals surface area contributed by atoms with Crippen molar-refractivity contribution < 1.29 is 23.4 Å². The molecule has 0 N–H and O–H groups in total. The van der Waals surface area contributed by atoms with Crippen LogP contribution in [0.2, 0.25) is 0 Å². The van der Waals surface area contributed by atoms with Gasteiger partial charge in [-0.3, -0.25) is 0 Å². The molecule has 0 aliphatic heterocycles. The van der Waals surface area contributed by atoms with Crippen LogP contribution in [-0.2, 0) is 16.0 Å². The molecule has 0 unspecified atom stereocenters. The predicted octanol–water partition coefficient (Wildman–Crippen LogP) is 6.64. The standard InChI is InChI=1S/C26H27NO5.C6H4/c1-6-19-10-8-9-11-22(19)24-27-23(18(3)31-24)16-17-30-20-12-14-21(15-13-20)32-26(4,5)25(28)29-7-2;1-2-5-4-6(5)3-1/h1,8-15H,7,16-17H2,2-5H3;1-4H. The van der Waals surface area contributed by atoms with E-state index in [1.54, 1.807) is 45.0 Å². The molecule has 2 aromatic carbocycles.